The van der Waals surface area contributed by atoms with Gasteiger partial charge in [-0.15, -0.1) is 0 Å². The Balaban J connectivity index is 2.66. The van der Waals surface area contributed by atoms with E-state index in [0.29, 0.717) is 16.8 Å². The molecule has 0 aliphatic heterocycles. The van der Waals surface area contributed by atoms with Crippen molar-refractivity contribution < 1.29 is 5.11 Å². The van der Waals surface area contributed by atoms with E-state index in [4.69, 9.17) is 0 Å². The summed E-state index contributed by atoms with van der Waals surface area (Å²) in [4.78, 5) is 18.0. The highest BCUT2D eigenvalue weighted by Crippen LogP contribution is 2.23. The van der Waals surface area contributed by atoms with Crippen molar-refractivity contribution in [2.45, 2.75) is 20.3 Å². The van der Waals surface area contributed by atoms with E-state index >= 15 is 0 Å². The van der Waals surface area contributed by atoms with Gasteiger partial charge in [0, 0.05) is 0 Å². The zero-order valence-corrected chi connectivity index (χ0v) is 9.32. The SMILES string of the molecule is CC(C)Cc1cc(O)c2nc[nH]c(=O)c2c1. The summed E-state index contributed by atoms with van der Waals surface area (Å²) in [7, 11) is 0. The van der Waals surface area contributed by atoms with Crippen LogP contribution < -0.4 is 5.56 Å². The average molecular weight is 218 g/mol. The third-order valence-corrected chi connectivity index (χ3v) is 2.43. The molecule has 0 atom stereocenters. The van der Waals surface area contributed by atoms with Gasteiger partial charge in [0.1, 0.15) is 11.3 Å². The predicted octanol–water partition coefficient (Wildman–Crippen LogP) is 1.83. The molecule has 1 aromatic heterocycles. The van der Waals surface area contributed by atoms with Gasteiger partial charge in [0.15, 0.2) is 0 Å². The smallest absolute Gasteiger partial charge is 0.258 e. The van der Waals surface area contributed by atoms with E-state index in [9.17, 15) is 9.90 Å². The fourth-order valence-electron chi connectivity index (χ4n) is 1.81. The van der Waals surface area contributed by atoms with Crippen LogP contribution in [-0.4, -0.2) is 15.1 Å². The lowest BCUT2D eigenvalue weighted by Gasteiger charge is -2.07. The van der Waals surface area contributed by atoms with Crippen molar-refractivity contribution in [2.24, 2.45) is 5.92 Å². The molecule has 0 spiro atoms. The minimum atomic E-state index is -0.217. The first-order chi connectivity index (χ1) is 7.58. The predicted molar refractivity (Wildman–Crippen MR) is 62.6 cm³/mol. The summed E-state index contributed by atoms with van der Waals surface area (Å²) in [6.07, 6.45) is 2.13. The molecule has 0 saturated heterocycles. The van der Waals surface area contributed by atoms with Crippen molar-refractivity contribution in [3.05, 3.63) is 34.4 Å². The summed E-state index contributed by atoms with van der Waals surface area (Å²) >= 11 is 0. The first kappa shape index (κ1) is 10.7. The zero-order chi connectivity index (χ0) is 11.7. The number of nitrogens with one attached hydrogen (secondary N) is 1. The molecule has 0 bridgehead atoms. The highest BCUT2D eigenvalue weighted by molar-refractivity contribution is 5.83. The molecule has 0 aliphatic rings. The van der Waals surface area contributed by atoms with Gasteiger partial charge in [-0.05, 0) is 30.0 Å². The number of aromatic hydroxyl groups is 1. The van der Waals surface area contributed by atoms with Crippen LogP contribution in [-0.2, 0) is 6.42 Å². The van der Waals surface area contributed by atoms with E-state index in [1.54, 1.807) is 12.1 Å². The van der Waals surface area contributed by atoms with E-state index in [1.165, 1.54) is 6.33 Å². The number of hydrogen-bond acceptors (Lipinski definition) is 3. The van der Waals surface area contributed by atoms with Crippen LogP contribution in [0, 0.1) is 5.92 Å². The van der Waals surface area contributed by atoms with Gasteiger partial charge in [0.2, 0.25) is 0 Å². The Labute approximate surface area is 93.0 Å². The van der Waals surface area contributed by atoms with Crippen LogP contribution in [0.25, 0.3) is 10.9 Å². The number of phenols is 1. The maximum absolute atomic E-state index is 11.6. The summed E-state index contributed by atoms with van der Waals surface area (Å²) in [5.41, 5.74) is 1.10. The van der Waals surface area contributed by atoms with Gasteiger partial charge in [0.05, 0.1) is 11.7 Å². The highest BCUT2D eigenvalue weighted by atomic mass is 16.3. The van der Waals surface area contributed by atoms with Gasteiger partial charge in [-0.3, -0.25) is 4.79 Å². The number of H-pyrrole nitrogens is 1. The topological polar surface area (TPSA) is 66.0 Å². The number of hydrogen-bond donors (Lipinski definition) is 2. The van der Waals surface area contributed by atoms with Gasteiger partial charge < -0.3 is 10.1 Å². The van der Waals surface area contributed by atoms with Gasteiger partial charge >= 0.3 is 0 Å². The van der Waals surface area contributed by atoms with Gasteiger partial charge in [-0.2, -0.15) is 0 Å². The molecule has 2 aromatic rings. The van der Waals surface area contributed by atoms with Crippen LogP contribution in [0.1, 0.15) is 19.4 Å². The van der Waals surface area contributed by atoms with E-state index < -0.39 is 0 Å². The molecule has 0 aliphatic carbocycles. The van der Waals surface area contributed by atoms with Crippen molar-refractivity contribution in [1.29, 1.82) is 0 Å². The zero-order valence-electron chi connectivity index (χ0n) is 9.32. The molecule has 4 heteroatoms. The fourth-order valence-corrected chi connectivity index (χ4v) is 1.81. The second-order valence-corrected chi connectivity index (χ2v) is 4.34. The van der Waals surface area contributed by atoms with Gasteiger partial charge in [-0.25, -0.2) is 4.98 Å². The molecule has 1 heterocycles. The molecule has 4 nitrogen and oxygen atoms in total. The maximum atomic E-state index is 11.6. The normalized spacial score (nSPS) is 11.2. The Bertz CT molecular complexity index is 573. The summed E-state index contributed by atoms with van der Waals surface area (Å²) in [6, 6.07) is 3.47. The summed E-state index contributed by atoms with van der Waals surface area (Å²) < 4.78 is 0. The number of rotatable bonds is 2. The second kappa shape index (κ2) is 3.96. The molecule has 84 valence electrons. The lowest BCUT2D eigenvalue weighted by molar-refractivity contribution is 0.479. The van der Waals surface area contributed by atoms with Crippen molar-refractivity contribution in [2.75, 3.05) is 0 Å². The molecule has 0 radical (unpaired) electrons. The van der Waals surface area contributed by atoms with Crippen LogP contribution in [0.2, 0.25) is 0 Å². The monoisotopic (exact) mass is 218 g/mol. The Hall–Kier alpha value is -1.84. The number of aromatic amines is 1. The lowest BCUT2D eigenvalue weighted by atomic mass is 10.0. The minimum Gasteiger partial charge on any atom is -0.506 e. The molecule has 0 saturated carbocycles. The van der Waals surface area contributed by atoms with Gasteiger partial charge in [0.25, 0.3) is 5.56 Å². The van der Waals surface area contributed by atoms with Crippen molar-refractivity contribution in [3.8, 4) is 5.75 Å². The van der Waals surface area contributed by atoms with Crippen LogP contribution >= 0.6 is 0 Å². The fraction of sp³-hybridized carbons (Fsp3) is 0.333. The lowest BCUT2D eigenvalue weighted by Crippen LogP contribution is -2.07. The molecule has 2 rings (SSSR count). The van der Waals surface area contributed by atoms with Crippen LogP contribution in [0.15, 0.2) is 23.3 Å². The molecular formula is C12H14N2O2. The molecule has 1 aromatic carbocycles. The first-order valence-electron chi connectivity index (χ1n) is 5.27. The number of fused-ring (bicyclic) bond motifs is 1. The molecule has 0 unspecified atom stereocenters. The second-order valence-electron chi connectivity index (χ2n) is 4.34. The number of aromatic nitrogens is 2. The molecule has 0 fully saturated rings. The van der Waals surface area contributed by atoms with E-state index in [-0.39, 0.29) is 11.3 Å². The first-order valence-corrected chi connectivity index (χ1v) is 5.27. The Morgan fingerprint density at radius 2 is 2.19 bits per heavy atom. The molecule has 2 N–H and O–H groups in total. The van der Waals surface area contributed by atoms with Crippen LogP contribution in [0.4, 0.5) is 0 Å². The molecular weight excluding hydrogens is 204 g/mol. The summed E-state index contributed by atoms with van der Waals surface area (Å²) in [6.45, 7) is 4.18. The Morgan fingerprint density at radius 1 is 1.44 bits per heavy atom. The van der Waals surface area contributed by atoms with E-state index in [2.05, 4.69) is 23.8 Å². The maximum Gasteiger partial charge on any atom is 0.258 e. The minimum absolute atomic E-state index is 0.0688. The van der Waals surface area contributed by atoms with E-state index in [1.807, 2.05) is 0 Å². The van der Waals surface area contributed by atoms with Crippen LogP contribution in [0.3, 0.4) is 0 Å². The van der Waals surface area contributed by atoms with Crippen LogP contribution in [0.5, 0.6) is 5.75 Å². The number of phenolic OH excluding ortho intramolecular Hbond substituents is 1. The molecule has 16 heavy (non-hydrogen) atoms. The average Bonchev–Trinajstić information content (AvgIpc) is 2.19. The number of nitrogens with zero attached hydrogens (tertiary/aromatic N) is 1. The summed E-state index contributed by atoms with van der Waals surface area (Å²) in [5.74, 6) is 0.548. The van der Waals surface area contributed by atoms with Crippen molar-refractivity contribution >= 4 is 10.9 Å². The highest BCUT2D eigenvalue weighted by Gasteiger charge is 2.08. The largest absolute Gasteiger partial charge is 0.506 e. The van der Waals surface area contributed by atoms with Gasteiger partial charge in [-0.1, -0.05) is 13.8 Å². The van der Waals surface area contributed by atoms with Crippen molar-refractivity contribution in [3.63, 3.8) is 0 Å². The van der Waals surface area contributed by atoms with E-state index in [0.717, 1.165) is 12.0 Å². The standard InChI is InChI=1S/C12H14N2O2/c1-7(2)3-8-4-9-11(10(15)5-8)13-6-14-12(9)16/h4-7,15H,3H2,1-2H3,(H,13,14,16). The Morgan fingerprint density at radius 3 is 2.88 bits per heavy atom. The quantitative estimate of drug-likeness (QED) is 0.808. The summed E-state index contributed by atoms with van der Waals surface area (Å²) in [5, 5.41) is 10.2. The Kier molecular flexibility index (Phi) is 2.64. The third-order valence-electron chi connectivity index (χ3n) is 2.43. The number of benzene rings is 1. The van der Waals surface area contributed by atoms with Crippen molar-refractivity contribution in [1.82, 2.24) is 9.97 Å². The third kappa shape index (κ3) is 1.91. The molecule has 0 amide bonds.